The van der Waals surface area contributed by atoms with Crippen LogP contribution < -0.4 is 15.2 Å². The summed E-state index contributed by atoms with van der Waals surface area (Å²) in [5.41, 5.74) is 8.24. The lowest BCUT2D eigenvalue weighted by atomic mass is 10.2. The van der Waals surface area contributed by atoms with Crippen molar-refractivity contribution in [3.8, 4) is 5.75 Å². The van der Waals surface area contributed by atoms with Crippen molar-refractivity contribution in [2.24, 2.45) is 0 Å². The number of nitrogen functional groups attached to an aromatic ring is 1. The highest BCUT2D eigenvalue weighted by molar-refractivity contribution is 7.91. The van der Waals surface area contributed by atoms with E-state index >= 15 is 0 Å². The third-order valence-corrected chi connectivity index (χ3v) is 4.17. The average molecular weight is 306 g/mol. The van der Waals surface area contributed by atoms with Gasteiger partial charge < -0.3 is 10.5 Å². The highest BCUT2D eigenvalue weighted by atomic mass is 32.2. The van der Waals surface area contributed by atoms with Crippen LogP contribution in [0, 0.1) is 6.92 Å². The van der Waals surface area contributed by atoms with Gasteiger partial charge in [-0.1, -0.05) is 18.2 Å². The van der Waals surface area contributed by atoms with Gasteiger partial charge in [0.15, 0.2) is 0 Å². The molecule has 21 heavy (non-hydrogen) atoms. The highest BCUT2D eigenvalue weighted by Gasteiger charge is 2.14. The second kappa shape index (κ2) is 6.05. The summed E-state index contributed by atoms with van der Waals surface area (Å²) in [5.74, 6) is 0.348. The van der Waals surface area contributed by atoms with Crippen molar-refractivity contribution in [2.45, 2.75) is 12.7 Å². The topological polar surface area (TPSA) is 81.4 Å². The molecular weight excluding hydrogens is 288 g/mol. The quantitative estimate of drug-likeness (QED) is 0.832. The van der Waals surface area contributed by atoms with Crippen molar-refractivity contribution < 1.29 is 13.2 Å². The van der Waals surface area contributed by atoms with E-state index in [0.717, 1.165) is 5.56 Å². The Bertz CT molecular complexity index is 742. The minimum atomic E-state index is -3.54. The second-order valence-electron chi connectivity index (χ2n) is 4.81. The first kappa shape index (κ1) is 15.2. The van der Waals surface area contributed by atoms with Crippen LogP contribution in [0.2, 0.25) is 0 Å². The van der Waals surface area contributed by atoms with E-state index in [9.17, 15) is 8.42 Å². The molecule has 0 radical (unpaired) electrons. The van der Waals surface area contributed by atoms with Crippen molar-refractivity contribution in [3.05, 3.63) is 53.6 Å². The molecule has 0 saturated carbocycles. The number of nitrogens with two attached hydrogens (primary N) is 1. The summed E-state index contributed by atoms with van der Waals surface area (Å²) >= 11 is 0. The molecule has 3 N–H and O–H groups in total. The summed E-state index contributed by atoms with van der Waals surface area (Å²) < 4.78 is 32.2. The molecule has 0 amide bonds. The molecule has 2 aromatic rings. The number of aryl methyl sites for hydroxylation is 1. The van der Waals surface area contributed by atoms with Gasteiger partial charge in [-0.15, -0.1) is 0 Å². The first-order valence-corrected chi connectivity index (χ1v) is 8.04. The maximum atomic E-state index is 12.2. The van der Waals surface area contributed by atoms with Gasteiger partial charge in [-0.25, -0.2) is 8.42 Å². The molecule has 112 valence electrons. The third-order valence-electron chi connectivity index (χ3n) is 2.93. The van der Waals surface area contributed by atoms with Crippen molar-refractivity contribution >= 4 is 21.4 Å². The lowest BCUT2D eigenvalue weighted by molar-refractivity contribution is 0.416. The van der Waals surface area contributed by atoms with Gasteiger partial charge in [0, 0.05) is 5.69 Å². The number of ether oxygens (including phenoxy) is 1. The van der Waals surface area contributed by atoms with Crippen LogP contribution in [0.15, 0.2) is 42.5 Å². The normalized spacial score (nSPS) is 11.1. The van der Waals surface area contributed by atoms with Gasteiger partial charge in [0.25, 0.3) is 0 Å². The smallest absolute Gasteiger partial charge is 0.237 e. The Morgan fingerprint density at radius 2 is 1.95 bits per heavy atom. The minimum absolute atomic E-state index is 0.144. The molecule has 2 rings (SSSR count). The highest BCUT2D eigenvalue weighted by Crippen LogP contribution is 2.26. The fourth-order valence-corrected chi connectivity index (χ4v) is 3.18. The Balaban J connectivity index is 2.22. The number of rotatable bonds is 5. The maximum Gasteiger partial charge on any atom is 0.237 e. The van der Waals surface area contributed by atoms with Gasteiger partial charge in [0.1, 0.15) is 5.75 Å². The Morgan fingerprint density at radius 3 is 2.62 bits per heavy atom. The van der Waals surface area contributed by atoms with Crippen LogP contribution in [0.3, 0.4) is 0 Å². The molecule has 6 heteroatoms. The largest absolute Gasteiger partial charge is 0.495 e. The third kappa shape index (κ3) is 4.13. The number of nitrogens with one attached hydrogen (secondary N) is 1. The van der Waals surface area contributed by atoms with Crippen molar-refractivity contribution in [2.75, 3.05) is 17.6 Å². The number of benzene rings is 2. The molecule has 5 nitrogen and oxygen atoms in total. The van der Waals surface area contributed by atoms with Crippen LogP contribution in [-0.4, -0.2) is 15.5 Å². The molecule has 0 fully saturated rings. The first-order valence-electron chi connectivity index (χ1n) is 6.39. The predicted octanol–water partition coefficient (Wildman–Crippen LogP) is 2.53. The van der Waals surface area contributed by atoms with Gasteiger partial charge in [-0.3, -0.25) is 4.72 Å². The SMILES string of the molecule is COc1cc(C)ccc1NS(=O)(=O)Cc1cccc(N)c1. The Labute approximate surface area is 124 Å². The van der Waals surface area contributed by atoms with Gasteiger partial charge in [0.2, 0.25) is 10.0 Å². The predicted molar refractivity (Wildman–Crippen MR) is 84.8 cm³/mol. The summed E-state index contributed by atoms with van der Waals surface area (Å²) in [4.78, 5) is 0. The average Bonchev–Trinajstić information content (AvgIpc) is 2.40. The Kier molecular flexibility index (Phi) is 4.37. The van der Waals surface area contributed by atoms with Crippen molar-refractivity contribution in [1.29, 1.82) is 0 Å². The number of hydrogen-bond acceptors (Lipinski definition) is 4. The molecule has 0 atom stereocenters. The maximum absolute atomic E-state index is 12.2. The van der Waals surface area contributed by atoms with Crippen molar-refractivity contribution in [3.63, 3.8) is 0 Å². The van der Waals surface area contributed by atoms with Crippen LogP contribution in [0.1, 0.15) is 11.1 Å². The van der Waals surface area contributed by atoms with Crippen molar-refractivity contribution in [1.82, 2.24) is 0 Å². The Morgan fingerprint density at radius 1 is 1.19 bits per heavy atom. The summed E-state index contributed by atoms with van der Waals surface area (Å²) in [6.07, 6.45) is 0. The molecule has 0 aliphatic rings. The van der Waals surface area contributed by atoms with Gasteiger partial charge in [0.05, 0.1) is 18.6 Å². The van der Waals surface area contributed by atoms with E-state index in [-0.39, 0.29) is 5.75 Å². The standard InChI is InChI=1S/C15H18N2O3S/c1-11-6-7-14(15(8-11)20-2)17-21(18,19)10-12-4-3-5-13(16)9-12/h3-9,17H,10,16H2,1-2H3. The fraction of sp³-hybridized carbons (Fsp3) is 0.200. The van der Waals surface area contributed by atoms with Gasteiger partial charge in [-0.05, 0) is 42.3 Å². The summed E-state index contributed by atoms with van der Waals surface area (Å²) in [6, 6.07) is 12.1. The van der Waals surface area contributed by atoms with E-state index in [1.165, 1.54) is 7.11 Å². The molecule has 2 aromatic carbocycles. The fourth-order valence-electron chi connectivity index (χ4n) is 1.99. The second-order valence-corrected chi connectivity index (χ2v) is 6.53. The lowest BCUT2D eigenvalue weighted by Gasteiger charge is -2.12. The van der Waals surface area contributed by atoms with Crippen LogP contribution in [0.4, 0.5) is 11.4 Å². The van der Waals surface area contributed by atoms with Crippen LogP contribution >= 0.6 is 0 Å². The molecule has 0 aromatic heterocycles. The molecule has 0 bridgehead atoms. The lowest BCUT2D eigenvalue weighted by Crippen LogP contribution is -2.15. The number of sulfonamides is 1. The Hall–Kier alpha value is -2.21. The number of methoxy groups -OCH3 is 1. The molecule has 0 heterocycles. The molecule has 0 saturated heterocycles. The number of hydrogen-bond donors (Lipinski definition) is 2. The molecular formula is C15H18N2O3S. The number of anilines is 2. The summed E-state index contributed by atoms with van der Waals surface area (Å²) in [5, 5.41) is 0. The van der Waals surface area contributed by atoms with E-state index in [2.05, 4.69) is 4.72 Å². The van der Waals surface area contributed by atoms with Crippen LogP contribution in [-0.2, 0) is 15.8 Å². The zero-order valence-corrected chi connectivity index (χ0v) is 12.8. The summed E-state index contributed by atoms with van der Waals surface area (Å²) in [6.45, 7) is 1.91. The minimum Gasteiger partial charge on any atom is -0.495 e. The van der Waals surface area contributed by atoms with Crippen LogP contribution in [0.25, 0.3) is 0 Å². The molecule has 0 spiro atoms. The summed E-state index contributed by atoms with van der Waals surface area (Å²) in [7, 11) is -2.03. The molecule has 0 unspecified atom stereocenters. The van der Waals surface area contributed by atoms with Gasteiger partial charge in [-0.2, -0.15) is 0 Å². The van der Waals surface area contributed by atoms with E-state index in [1.54, 1.807) is 36.4 Å². The molecule has 0 aliphatic carbocycles. The zero-order chi connectivity index (χ0) is 15.5. The van der Waals surface area contributed by atoms with E-state index < -0.39 is 10.0 Å². The van der Waals surface area contributed by atoms with Gasteiger partial charge >= 0.3 is 0 Å². The van der Waals surface area contributed by atoms with E-state index in [1.807, 2.05) is 13.0 Å². The zero-order valence-electron chi connectivity index (χ0n) is 12.0. The first-order chi connectivity index (χ1) is 9.89. The van der Waals surface area contributed by atoms with E-state index in [4.69, 9.17) is 10.5 Å². The molecule has 0 aliphatic heterocycles. The van der Waals surface area contributed by atoms with Crippen LogP contribution in [0.5, 0.6) is 5.75 Å². The monoisotopic (exact) mass is 306 g/mol. The van der Waals surface area contributed by atoms with E-state index in [0.29, 0.717) is 22.7 Å².